The third-order valence-corrected chi connectivity index (χ3v) is 5.53. The van der Waals surface area contributed by atoms with Crippen LogP contribution in [-0.2, 0) is 4.74 Å². The van der Waals surface area contributed by atoms with Crippen LogP contribution >= 0.6 is 0 Å². The normalized spacial score (nSPS) is 20.8. The third kappa shape index (κ3) is 2.96. The zero-order chi connectivity index (χ0) is 18.3. The van der Waals surface area contributed by atoms with Crippen molar-refractivity contribution in [1.82, 2.24) is 9.97 Å². The minimum absolute atomic E-state index is 0.0634. The van der Waals surface area contributed by atoms with Gasteiger partial charge in [-0.3, -0.25) is 0 Å². The van der Waals surface area contributed by atoms with Gasteiger partial charge in [0.05, 0.1) is 24.8 Å². The van der Waals surface area contributed by atoms with Crippen molar-refractivity contribution in [1.29, 1.82) is 0 Å². The SMILES string of the molecule is Oc1ccc2ncnc(NC3CC4(CCOCC4)Oc4ccccc43)c2c1. The fourth-order valence-corrected chi connectivity index (χ4v) is 4.12. The fourth-order valence-electron chi connectivity index (χ4n) is 4.12. The fraction of sp³-hybridized carbons (Fsp3) is 0.333. The number of rotatable bonds is 2. The molecule has 1 atom stereocenters. The van der Waals surface area contributed by atoms with Gasteiger partial charge in [-0.25, -0.2) is 9.97 Å². The second-order valence-corrected chi connectivity index (χ2v) is 7.26. The topological polar surface area (TPSA) is 76.5 Å². The molecule has 6 heteroatoms. The van der Waals surface area contributed by atoms with Gasteiger partial charge in [-0.05, 0) is 24.3 Å². The number of aromatic nitrogens is 2. The molecular weight excluding hydrogens is 342 g/mol. The molecule has 2 aliphatic rings. The number of phenolic OH excluding ortho intramolecular Hbond substituents is 1. The number of nitrogens with one attached hydrogen (secondary N) is 1. The van der Waals surface area contributed by atoms with Crippen LogP contribution in [0.1, 0.15) is 30.9 Å². The molecule has 0 bridgehead atoms. The van der Waals surface area contributed by atoms with Crippen LogP contribution in [-0.4, -0.2) is 33.9 Å². The highest BCUT2D eigenvalue weighted by atomic mass is 16.5. The van der Waals surface area contributed by atoms with Gasteiger partial charge in [0.15, 0.2) is 0 Å². The van der Waals surface area contributed by atoms with Crippen molar-refractivity contribution in [3.05, 3.63) is 54.4 Å². The van der Waals surface area contributed by atoms with Gasteiger partial charge in [-0.15, -0.1) is 0 Å². The zero-order valence-corrected chi connectivity index (χ0v) is 14.9. The molecule has 6 nitrogen and oxygen atoms in total. The number of fused-ring (bicyclic) bond motifs is 2. The molecule has 138 valence electrons. The van der Waals surface area contributed by atoms with E-state index in [4.69, 9.17) is 9.47 Å². The highest BCUT2D eigenvalue weighted by Gasteiger charge is 2.42. The van der Waals surface area contributed by atoms with Crippen molar-refractivity contribution in [2.75, 3.05) is 18.5 Å². The molecule has 2 aromatic carbocycles. The Bertz CT molecular complexity index is 985. The van der Waals surface area contributed by atoms with E-state index in [9.17, 15) is 5.11 Å². The Kier molecular flexibility index (Phi) is 3.86. The largest absolute Gasteiger partial charge is 0.508 e. The Morgan fingerprint density at radius 3 is 2.81 bits per heavy atom. The predicted octanol–water partition coefficient (Wildman–Crippen LogP) is 3.82. The smallest absolute Gasteiger partial charge is 0.137 e. The number of aromatic hydroxyl groups is 1. The van der Waals surface area contributed by atoms with Crippen molar-refractivity contribution in [3.8, 4) is 11.5 Å². The minimum Gasteiger partial charge on any atom is -0.508 e. The Labute approximate surface area is 157 Å². The van der Waals surface area contributed by atoms with Crippen LogP contribution in [0.15, 0.2) is 48.8 Å². The Balaban J connectivity index is 1.55. The zero-order valence-electron chi connectivity index (χ0n) is 14.9. The second kappa shape index (κ2) is 6.39. The van der Waals surface area contributed by atoms with Crippen molar-refractivity contribution in [2.45, 2.75) is 30.9 Å². The molecule has 0 amide bonds. The summed E-state index contributed by atoms with van der Waals surface area (Å²) in [5, 5.41) is 14.3. The summed E-state index contributed by atoms with van der Waals surface area (Å²) in [6.07, 6.45) is 4.16. The maximum absolute atomic E-state index is 9.90. The molecule has 5 rings (SSSR count). The molecule has 1 spiro atoms. The lowest BCUT2D eigenvalue weighted by Gasteiger charge is -2.44. The highest BCUT2D eigenvalue weighted by molar-refractivity contribution is 5.90. The Morgan fingerprint density at radius 1 is 1.07 bits per heavy atom. The lowest BCUT2D eigenvalue weighted by molar-refractivity contribution is -0.0608. The standard InChI is InChI=1S/C21H21N3O3/c25-14-5-6-17-16(11-14)20(23-13-22-17)24-18-12-21(7-9-26-10-8-21)27-19-4-2-1-3-15(18)19/h1-6,11,13,18,25H,7-10,12H2,(H,22,23,24). The first-order chi connectivity index (χ1) is 13.2. The van der Waals surface area contributed by atoms with E-state index in [0.717, 1.165) is 60.5 Å². The summed E-state index contributed by atoms with van der Waals surface area (Å²) in [7, 11) is 0. The van der Waals surface area contributed by atoms with Gasteiger partial charge in [0.2, 0.25) is 0 Å². The van der Waals surface area contributed by atoms with Crippen LogP contribution in [0.4, 0.5) is 5.82 Å². The molecule has 2 N–H and O–H groups in total. The van der Waals surface area contributed by atoms with Crippen LogP contribution in [0.25, 0.3) is 10.9 Å². The first kappa shape index (κ1) is 16.3. The average Bonchev–Trinajstić information content (AvgIpc) is 2.69. The van der Waals surface area contributed by atoms with E-state index in [1.165, 1.54) is 0 Å². The van der Waals surface area contributed by atoms with Crippen LogP contribution in [0.3, 0.4) is 0 Å². The summed E-state index contributed by atoms with van der Waals surface area (Å²) in [5.74, 6) is 1.85. The highest BCUT2D eigenvalue weighted by Crippen LogP contribution is 2.45. The van der Waals surface area contributed by atoms with E-state index in [1.54, 1.807) is 24.5 Å². The molecule has 3 aromatic rings. The van der Waals surface area contributed by atoms with Gasteiger partial charge in [0, 0.05) is 30.2 Å². The first-order valence-corrected chi connectivity index (χ1v) is 9.28. The van der Waals surface area contributed by atoms with Crippen LogP contribution in [0.2, 0.25) is 0 Å². The average molecular weight is 363 g/mol. The van der Waals surface area contributed by atoms with Gasteiger partial charge in [0.1, 0.15) is 29.2 Å². The third-order valence-electron chi connectivity index (χ3n) is 5.53. The van der Waals surface area contributed by atoms with Crippen molar-refractivity contribution in [3.63, 3.8) is 0 Å². The van der Waals surface area contributed by atoms with E-state index in [2.05, 4.69) is 21.4 Å². The Hall–Kier alpha value is -2.86. The van der Waals surface area contributed by atoms with Crippen molar-refractivity contribution < 1.29 is 14.6 Å². The van der Waals surface area contributed by atoms with Crippen LogP contribution in [0.5, 0.6) is 11.5 Å². The van der Waals surface area contributed by atoms with Gasteiger partial charge < -0.3 is 19.9 Å². The van der Waals surface area contributed by atoms with Gasteiger partial charge in [0.25, 0.3) is 0 Å². The molecule has 0 saturated carbocycles. The summed E-state index contributed by atoms with van der Waals surface area (Å²) in [6, 6.07) is 13.4. The summed E-state index contributed by atoms with van der Waals surface area (Å²) in [6.45, 7) is 1.44. The number of hydrogen-bond donors (Lipinski definition) is 2. The van der Waals surface area contributed by atoms with Crippen LogP contribution in [0, 0.1) is 0 Å². The molecule has 0 aliphatic carbocycles. The van der Waals surface area contributed by atoms with Crippen LogP contribution < -0.4 is 10.1 Å². The number of phenols is 1. The van der Waals surface area contributed by atoms with E-state index >= 15 is 0 Å². The lowest BCUT2D eigenvalue weighted by Crippen LogP contribution is -2.46. The quantitative estimate of drug-likeness (QED) is 0.721. The summed E-state index contributed by atoms with van der Waals surface area (Å²) < 4.78 is 12.0. The number of nitrogens with zero attached hydrogens (tertiary/aromatic N) is 2. The Morgan fingerprint density at radius 2 is 1.93 bits per heavy atom. The molecular formula is C21H21N3O3. The molecule has 0 radical (unpaired) electrons. The monoisotopic (exact) mass is 363 g/mol. The summed E-state index contributed by atoms with van der Waals surface area (Å²) in [5.41, 5.74) is 1.71. The maximum Gasteiger partial charge on any atom is 0.137 e. The van der Waals surface area contributed by atoms with Gasteiger partial charge in [-0.2, -0.15) is 0 Å². The molecule has 1 unspecified atom stereocenters. The van der Waals surface area contributed by atoms with Crippen molar-refractivity contribution >= 4 is 16.7 Å². The molecule has 3 heterocycles. The summed E-state index contributed by atoms with van der Waals surface area (Å²) >= 11 is 0. The number of benzene rings is 2. The number of anilines is 1. The number of hydrogen-bond acceptors (Lipinski definition) is 6. The minimum atomic E-state index is -0.213. The van der Waals surface area contributed by atoms with E-state index < -0.39 is 0 Å². The predicted molar refractivity (Wildman–Crippen MR) is 102 cm³/mol. The van der Waals surface area contributed by atoms with Crippen molar-refractivity contribution in [2.24, 2.45) is 0 Å². The molecule has 27 heavy (non-hydrogen) atoms. The van der Waals surface area contributed by atoms with Gasteiger partial charge in [-0.1, -0.05) is 18.2 Å². The molecule has 1 fully saturated rings. The molecule has 2 aliphatic heterocycles. The lowest BCUT2D eigenvalue weighted by atomic mass is 9.82. The maximum atomic E-state index is 9.90. The molecule has 1 saturated heterocycles. The summed E-state index contributed by atoms with van der Waals surface area (Å²) in [4.78, 5) is 8.75. The number of ether oxygens (including phenoxy) is 2. The van der Waals surface area contributed by atoms with E-state index in [0.29, 0.717) is 0 Å². The van der Waals surface area contributed by atoms with E-state index in [-0.39, 0.29) is 17.4 Å². The first-order valence-electron chi connectivity index (χ1n) is 9.28. The second-order valence-electron chi connectivity index (χ2n) is 7.26. The van der Waals surface area contributed by atoms with E-state index in [1.807, 2.05) is 18.2 Å². The van der Waals surface area contributed by atoms with Gasteiger partial charge >= 0.3 is 0 Å². The number of para-hydroxylation sites is 1. The molecule has 1 aromatic heterocycles.